The topological polar surface area (TPSA) is 49.6 Å². The van der Waals surface area contributed by atoms with E-state index in [9.17, 15) is 4.79 Å². The molecule has 0 aromatic heterocycles. The Morgan fingerprint density at radius 1 is 1.05 bits per heavy atom. The first-order valence-electron chi connectivity index (χ1n) is 8.53. The number of hydrogen-bond donors (Lipinski definition) is 1. The van der Waals surface area contributed by atoms with Gasteiger partial charge in [-0.25, -0.2) is 0 Å². The van der Waals surface area contributed by atoms with Gasteiger partial charge < -0.3 is 10.6 Å². The van der Waals surface area contributed by atoms with Crippen LogP contribution in [0.4, 0.5) is 0 Å². The minimum absolute atomic E-state index is 0.343. The predicted molar refractivity (Wildman–Crippen MR) is 82.5 cm³/mol. The molecule has 1 aliphatic heterocycles. The lowest BCUT2D eigenvalue weighted by molar-refractivity contribution is -0.133. The Labute approximate surface area is 123 Å². The van der Waals surface area contributed by atoms with Gasteiger partial charge in [-0.05, 0) is 38.6 Å². The van der Waals surface area contributed by atoms with Crippen LogP contribution >= 0.6 is 0 Å². The summed E-state index contributed by atoms with van der Waals surface area (Å²) >= 11 is 0. The monoisotopic (exact) mass is 281 g/mol. The highest BCUT2D eigenvalue weighted by molar-refractivity contribution is 5.78. The van der Waals surface area contributed by atoms with Gasteiger partial charge >= 0.3 is 0 Å². The smallest absolute Gasteiger partial charge is 0.236 e. The molecule has 2 N–H and O–H groups in total. The highest BCUT2D eigenvalue weighted by Gasteiger charge is 2.25. The van der Waals surface area contributed by atoms with Gasteiger partial charge in [-0.1, -0.05) is 25.7 Å². The molecule has 1 aliphatic carbocycles. The highest BCUT2D eigenvalue weighted by Crippen LogP contribution is 2.23. The van der Waals surface area contributed by atoms with Gasteiger partial charge in [0.15, 0.2) is 0 Å². The minimum Gasteiger partial charge on any atom is -0.342 e. The largest absolute Gasteiger partial charge is 0.342 e. The predicted octanol–water partition coefficient (Wildman–Crippen LogP) is 1.98. The zero-order chi connectivity index (χ0) is 14.2. The molecule has 1 heterocycles. The van der Waals surface area contributed by atoms with Gasteiger partial charge in [0.05, 0.1) is 6.54 Å². The van der Waals surface area contributed by atoms with Crippen LogP contribution in [-0.2, 0) is 4.79 Å². The van der Waals surface area contributed by atoms with Crippen molar-refractivity contribution in [1.82, 2.24) is 9.80 Å². The molecule has 20 heavy (non-hydrogen) atoms. The number of carbonyl (C=O) groups is 1. The normalized spacial score (nSPS) is 21.4. The van der Waals surface area contributed by atoms with Crippen LogP contribution in [0.15, 0.2) is 0 Å². The van der Waals surface area contributed by atoms with Gasteiger partial charge in [-0.15, -0.1) is 0 Å². The molecule has 2 fully saturated rings. The molecule has 0 atom stereocenters. The third-order valence-electron chi connectivity index (χ3n) is 4.79. The lowest BCUT2D eigenvalue weighted by Crippen LogP contribution is -2.45. The molecule has 4 nitrogen and oxygen atoms in total. The van der Waals surface area contributed by atoms with Crippen LogP contribution in [0.2, 0.25) is 0 Å². The summed E-state index contributed by atoms with van der Waals surface area (Å²) < 4.78 is 0. The quantitative estimate of drug-likeness (QED) is 0.810. The van der Waals surface area contributed by atoms with Crippen LogP contribution in [-0.4, -0.2) is 54.5 Å². The first-order chi connectivity index (χ1) is 9.81. The standard InChI is InChI=1S/C16H31N3O/c17-10-7-13-19(15-8-3-4-9-15)14-16(20)18-11-5-1-2-6-12-18/h15H,1-14,17H2. The molecule has 0 spiro atoms. The Morgan fingerprint density at radius 3 is 2.30 bits per heavy atom. The molecular formula is C16H31N3O. The summed E-state index contributed by atoms with van der Waals surface area (Å²) in [5, 5.41) is 0. The van der Waals surface area contributed by atoms with Crippen molar-refractivity contribution in [3.63, 3.8) is 0 Å². The van der Waals surface area contributed by atoms with E-state index in [1.54, 1.807) is 0 Å². The number of likely N-dealkylation sites (tertiary alicyclic amines) is 1. The maximum absolute atomic E-state index is 12.5. The summed E-state index contributed by atoms with van der Waals surface area (Å²) in [7, 11) is 0. The van der Waals surface area contributed by atoms with Crippen molar-refractivity contribution in [2.45, 2.75) is 63.8 Å². The average molecular weight is 281 g/mol. The number of carbonyl (C=O) groups excluding carboxylic acids is 1. The van der Waals surface area contributed by atoms with Crippen molar-refractivity contribution in [1.29, 1.82) is 0 Å². The van der Waals surface area contributed by atoms with E-state index in [1.807, 2.05) is 0 Å². The van der Waals surface area contributed by atoms with Gasteiger partial charge in [-0.2, -0.15) is 0 Å². The Balaban J connectivity index is 1.86. The van der Waals surface area contributed by atoms with Crippen molar-refractivity contribution in [2.24, 2.45) is 5.73 Å². The summed E-state index contributed by atoms with van der Waals surface area (Å²) in [6, 6.07) is 0.623. The summed E-state index contributed by atoms with van der Waals surface area (Å²) in [6.07, 6.45) is 11.1. The van der Waals surface area contributed by atoms with E-state index in [0.29, 0.717) is 18.5 Å². The lowest BCUT2D eigenvalue weighted by Gasteiger charge is -2.30. The van der Waals surface area contributed by atoms with E-state index in [-0.39, 0.29) is 0 Å². The second-order valence-electron chi connectivity index (χ2n) is 6.35. The van der Waals surface area contributed by atoms with Crippen LogP contribution in [0.1, 0.15) is 57.8 Å². The molecule has 1 saturated heterocycles. The molecule has 2 aliphatic rings. The molecule has 0 aromatic carbocycles. The average Bonchev–Trinajstić information content (AvgIpc) is 2.85. The molecule has 116 valence electrons. The van der Waals surface area contributed by atoms with Gasteiger partial charge in [-0.3, -0.25) is 9.69 Å². The molecule has 4 heteroatoms. The molecule has 0 bridgehead atoms. The molecule has 0 aromatic rings. The first kappa shape index (κ1) is 15.8. The fourth-order valence-corrected chi connectivity index (χ4v) is 3.55. The Hall–Kier alpha value is -0.610. The lowest BCUT2D eigenvalue weighted by atomic mass is 10.2. The third kappa shape index (κ3) is 4.74. The van der Waals surface area contributed by atoms with E-state index >= 15 is 0 Å². The minimum atomic E-state index is 0.343. The van der Waals surface area contributed by atoms with Gasteiger partial charge in [0.1, 0.15) is 0 Å². The van der Waals surface area contributed by atoms with Crippen molar-refractivity contribution in [3.8, 4) is 0 Å². The second kappa shape index (κ2) is 8.63. The number of nitrogens with two attached hydrogens (primary N) is 1. The molecule has 0 unspecified atom stereocenters. The first-order valence-corrected chi connectivity index (χ1v) is 8.53. The second-order valence-corrected chi connectivity index (χ2v) is 6.35. The van der Waals surface area contributed by atoms with Crippen molar-refractivity contribution < 1.29 is 4.79 Å². The number of rotatable bonds is 6. The fourth-order valence-electron chi connectivity index (χ4n) is 3.55. The van der Waals surface area contributed by atoms with Crippen molar-refractivity contribution in [3.05, 3.63) is 0 Å². The fraction of sp³-hybridized carbons (Fsp3) is 0.938. The van der Waals surface area contributed by atoms with Crippen LogP contribution in [0, 0.1) is 0 Å². The number of nitrogens with zero attached hydrogens (tertiary/aromatic N) is 2. The molecule has 2 rings (SSSR count). The number of hydrogen-bond acceptors (Lipinski definition) is 3. The summed E-state index contributed by atoms with van der Waals surface area (Å²) in [6.45, 7) is 4.26. The summed E-state index contributed by atoms with van der Waals surface area (Å²) in [4.78, 5) is 17.0. The van der Waals surface area contributed by atoms with E-state index in [1.165, 1.54) is 51.4 Å². The van der Waals surface area contributed by atoms with Crippen LogP contribution in [0.25, 0.3) is 0 Å². The van der Waals surface area contributed by atoms with Crippen LogP contribution in [0.3, 0.4) is 0 Å². The maximum atomic E-state index is 12.5. The van der Waals surface area contributed by atoms with Crippen LogP contribution in [0.5, 0.6) is 0 Å². The number of amides is 1. The molecule has 0 radical (unpaired) electrons. The van der Waals surface area contributed by atoms with E-state index in [0.717, 1.165) is 32.6 Å². The Bertz CT molecular complexity index is 281. The Morgan fingerprint density at radius 2 is 1.70 bits per heavy atom. The van der Waals surface area contributed by atoms with E-state index in [2.05, 4.69) is 9.80 Å². The molecule has 1 saturated carbocycles. The van der Waals surface area contributed by atoms with Crippen LogP contribution < -0.4 is 5.73 Å². The van der Waals surface area contributed by atoms with Gasteiger partial charge in [0.2, 0.25) is 5.91 Å². The van der Waals surface area contributed by atoms with E-state index in [4.69, 9.17) is 5.73 Å². The van der Waals surface area contributed by atoms with Gasteiger partial charge in [0.25, 0.3) is 0 Å². The van der Waals surface area contributed by atoms with Crippen molar-refractivity contribution >= 4 is 5.91 Å². The third-order valence-corrected chi connectivity index (χ3v) is 4.79. The molecular weight excluding hydrogens is 250 g/mol. The SMILES string of the molecule is NCCCN(CC(=O)N1CCCCCC1)C1CCCC1. The summed E-state index contributed by atoms with van der Waals surface area (Å²) in [5.74, 6) is 0.343. The summed E-state index contributed by atoms with van der Waals surface area (Å²) in [5.41, 5.74) is 5.65. The highest BCUT2D eigenvalue weighted by atomic mass is 16.2. The maximum Gasteiger partial charge on any atom is 0.236 e. The zero-order valence-electron chi connectivity index (χ0n) is 12.9. The van der Waals surface area contributed by atoms with Gasteiger partial charge in [0, 0.05) is 25.7 Å². The molecule has 1 amide bonds. The zero-order valence-corrected chi connectivity index (χ0v) is 12.9. The Kier molecular flexibility index (Phi) is 6.80. The van der Waals surface area contributed by atoms with Crippen molar-refractivity contribution in [2.75, 3.05) is 32.7 Å². The van der Waals surface area contributed by atoms with E-state index < -0.39 is 0 Å².